The summed E-state index contributed by atoms with van der Waals surface area (Å²) in [6, 6.07) is 62.1. The molecule has 0 saturated heterocycles. The molecule has 5 nitrogen and oxygen atoms in total. The maximum atomic E-state index is 6.79. The summed E-state index contributed by atoms with van der Waals surface area (Å²) in [7, 11) is 0. The summed E-state index contributed by atoms with van der Waals surface area (Å²) in [6.07, 6.45) is 6.62. The van der Waals surface area contributed by atoms with Crippen molar-refractivity contribution in [1.29, 1.82) is 0 Å². The molecule has 7 aromatic carbocycles. The fraction of sp³-hybridized carbons (Fsp3) is 0.200. The zero-order valence-electron chi connectivity index (χ0n) is 38.4. The van der Waals surface area contributed by atoms with Gasteiger partial charge in [0.15, 0.2) is 0 Å². The van der Waals surface area contributed by atoms with E-state index in [2.05, 4.69) is 226 Å². The number of para-hydroxylation sites is 2. The van der Waals surface area contributed by atoms with Crippen LogP contribution in [0.3, 0.4) is 0 Å². The normalized spacial score (nSPS) is 13.2. The molecule has 0 fully saturated rings. The first kappa shape index (κ1) is 42.1. The second-order valence-corrected chi connectivity index (χ2v) is 20.7. The van der Waals surface area contributed by atoms with Crippen LogP contribution in [0.5, 0.6) is 11.5 Å². The summed E-state index contributed by atoms with van der Waals surface area (Å²) < 4.78 is 14.8. The molecule has 0 N–H and O–H groups in total. The Kier molecular flexibility index (Phi) is 10.5. The number of imidazole rings is 1. The van der Waals surface area contributed by atoms with Gasteiger partial charge in [-0.05, 0) is 53.9 Å². The first-order valence-corrected chi connectivity index (χ1v) is 24.2. The van der Waals surface area contributed by atoms with Crippen LogP contribution in [0.1, 0.15) is 76.6 Å². The van der Waals surface area contributed by atoms with Crippen LogP contribution in [0, 0.1) is 15.9 Å². The van der Waals surface area contributed by atoms with E-state index in [1.54, 1.807) is 0 Å². The SMILES string of the molecule is CC(C)(C)c1ccnc(-n2c3[c-]c(Oc4[c-]c(-n5[c](=[Pt])n(-c6c(-c7ccccc7)cc(C(C)(C)C)cc6-c6ccccc6)c6ccccc65)ccc4)ccc3c3cc4c(cc32)CCCC4)c1. The van der Waals surface area contributed by atoms with E-state index in [0.717, 1.165) is 61.3 Å². The average molecular weight is 1040 g/mol. The van der Waals surface area contributed by atoms with E-state index in [-0.39, 0.29) is 10.8 Å². The molecular formula is C60H52N4OPt-2. The van der Waals surface area contributed by atoms with Gasteiger partial charge < -0.3 is 0 Å². The summed E-state index contributed by atoms with van der Waals surface area (Å²) in [4.78, 5) is 4.97. The summed E-state index contributed by atoms with van der Waals surface area (Å²) in [5.41, 5.74) is 16.3. The Hall–Kier alpha value is -6.55. The summed E-state index contributed by atoms with van der Waals surface area (Å²) in [6.45, 7) is 13.6. The molecule has 0 aliphatic heterocycles. The molecule has 0 bridgehead atoms. The second-order valence-electron chi connectivity index (χ2n) is 19.7. The summed E-state index contributed by atoms with van der Waals surface area (Å²) >= 11 is 2.51. The first-order chi connectivity index (χ1) is 31.9. The van der Waals surface area contributed by atoms with Crippen LogP contribution >= 0.6 is 0 Å². The molecule has 0 spiro atoms. The number of pyridine rings is 1. The van der Waals surface area contributed by atoms with E-state index in [4.69, 9.17) is 9.72 Å². The molecule has 3 heterocycles. The third-order valence-corrected chi connectivity index (χ3v) is 14.3. The zero-order valence-corrected chi connectivity index (χ0v) is 40.6. The van der Waals surface area contributed by atoms with Crippen molar-refractivity contribution >= 4 is 32.8 Å². The molecule has 11 rings (SSSR count). The van der Waals surface area contributed by atoms with Gasteiger partial charge in [-0.3, -0.25) is 0 Å². The van der Waals surface area contributed by atoms with Crippen molar-refractivity contribution in [1.82, 2.24) is 18.7 Å². The van der Waals surface area contributed by atoms with Crippen molar-refractivity contribution in [2.75, 3.05) is 0 Å². The van der Waals surface area contributed by atoms with Crippen molar-refractivity contribution in [2.45, 2.75) is 78.1 Å². The number of fused-ring (bicyclic) bond motifs is 5. The molecule has 6 heteroatoms. The molecule has 0 unspecified atom stereocenters. The molecular weight excluding hydrogens is 988 g/mol. The van der Waals surface area contributed by atoms with Crippen molar-refractivity contribution in [3.63, 3.8) is 0 Å². The Morgan fingerprint density at radius 1 is 0.530 bits per heavy atom. The number of hydrogen-bond acceptors (Lipinski definition) is 2. The third-order valence-electron chi connectivity index (χ3n) is 13.2. The summed E-state index contributed by atoms with van der Waals surface area (Å²) in [5, 5.41) is 2.37. The molecule has 0 atom stereocenters. The maximum absolute atomic E-state index is 6.79. The van der Waals surface area contributed by atoms with E-state index in [0.29, 0.717) is 11.5 Å². The molecule has 66 heavy (non-hydrogen) atoms. The van der Waals surface area contributed by atoms with E-state index < -0.39 is 0 Å². The van der Waals surface area contributed by atoms with Gasteiger partial charge in [0.1, 0.15) is 0 Å². The number of ether oxygens (including phenoxy) is 1. The standard InChI is InChI=1S/C60H52N4O.Pt/c1-59(2,3)44-30-31-61-57(36-44)64-55-33-43-23-14-13-22-42(43)32-52(55)49-29-28-48(38-56(49)64)65-47-25-17-24-46(37-47)62-39-63(54-27-16-15-26-53(54)62)58-50(40-18-9-7-10-19-40)34-45(60(4,5)6)35-51(58)41-20-11-8-12-21-41;/h7-12,15-21,24-36H,13-14,22-23H2,1-6H3;/q-2;. The van der Waals surface area contributed by atoms with Gasteiger partial charge >= 0.3 is 320 Å². The Balaban J connectivity index is 1.06. The minimum absolute atomic E-state index is 0.0259. The zero-order chi connectivity index (χ0) is 45.3. The predicted molar refractivity (Wildman–Crippen MR) is 267 cm³/mol. The van der Waals surface area contributed by atoms with Gasteiger partial charge in [-0.1, -0.05) is 20.8 Å². The fourth-order valence-electron chi connectivity index (χ4n) is 9.74. The smallest absolute Gasteiger partial charge is 0.0489 e. The van der Waals surface area contributed by atoms with Crippen LogP contribution in [0.2, 0.25) is 0 Å². The summed E-state index contributed by atoms with van der Waals surface area (Å²) in [5.74, 6) is 2.12. The third kappa shape index (κ3) is 7.48. The van der Waals surface area contributed by atoms with Gasteiger partial charge in [-0.2, -0.15) is 0 Å². The van der Waals surface area contributed by atoms with Crippen LogP contribution in [-0.4, -0.2) is 18.7 Å². The Morgan fingerprint density at radius 3 is 1.79 bits per heavy atom. The van der Waals surface area contributed by atoms with E-state index in [1.807, 2.05) is 18.3 Å². The number of nitrogens with zero attached hydrogens (tertiary/aromatic N) is 4. The van der Waals surface area contributed by atoms with E-state index >= 15 is 0 Å². The molecule has 1 aliphatic carbocycles. The van der Waals surface area contributed by atoms with Crippen LogP contribution < -0.4 is 4.74 Å². The molecule has 10 aromatic rings. The average Bonchev–Trinajstić information content (AvgIpc) is 3.80. The monoisotopic (exact) mass is 1040 g/mol. The van der Waals surface area contributed by atoms with Gasteiger partial charge in [0.2, 0.25) is 0 Å². The first-order valence-electron chi connectivity index (χ1n) is 23.1. The van der Waals surface area contributed by atoms with Crippen LogP contribution in [0.4, 0.5) is 0 Å². The van der Waals surface area contributed by atoms with Gasteiger partial charge in [-0.25, -0.2) is 0 Å². The van der Waals surface area contributed by atoms with Crippen molar-refractivity contribution < 1.29 is 24.1 Å². The molecule has 0 amide bonds. The molecule has 330 valence electrons. The van der Waals surface area contributed by atoms with E-state index in [9.17, 15) is 0 Å². The van der Waals surface area contributed by atoms with Gasteiger partial charge in [0, 0.05) is 6.20 Å². The Morgan fingerprint density at radius 2 is 1.14 bits per heavy atom. The molecule has 0 radical (unpaired) electrons. The number of aromatic nitrogens is 4. The van der Waals surface area contributed by atoms with Crippen LogP contribution in [0.25, 0.3) is 72.3 Å². The van der Waals surface area contributed by atoms with Crippen molar-refractivity contribution in [2.24, 2.45) is 0 Å². The van der Waals surface area contributed by atoms with Crippen LogP contribution in [-0.2, 0) is 43.0 Å². The van der Waals surface area contributed by atoms with Crippen LogP contribution in [0.15, 0.2) is 158 Å². The topological polar surface area (TPSA) is 36.9 Å². The van der Waals surface area contributed by atoms with Crippen molar-refractivity contribution in [3.05, 3.63) is 196 Å². The second kappa shape index (κ2) is 16.4. The number of rotatable bonds is 7. The molecule has 0 saturated carbocycles. The Bertz CT molecular complexity index is 3480. The minimum atomic E-state index is -0.0703. The number of benzene rings is 7. The fourth-order valence-corrected chi connectivity index (χ4v) is 10.8. The van der Waals surface area contributed by atoms with E-state index in [1.165, 1.54) is 62.7 Å². The van der Waals surface area contributed by atoms with Gasteiger partial charge in [0.25, 0.3) is 0 Å². The van der Waals surface area contributed by atoms with Gasteiger partial charge in [-0.15, -0.1) is 0 Å². The Labute approximate surface area is 398 Å². The van der Waals surface area contributed by atoms with Crippen molar-refractivity contribution in [3.8, 4) is 50.9 Å². The molecule has 3 aromatic heterocycles. The number of aryl methyl sites for hydroxylation is 2. The minimum Gasteiger partial charge on any atom is -0.0489 e. The number of hydrogen-bond donors (Lipinski definition) is 0. The predicted octanol–water partition coefficient (Wildman–Crippen LogP) is 15.2. The van der Waals surface area contributed by atoms with Gasteiger partial charge in [0.05, 0.1) is 0 Å². The molecule has 1 aliphatic rings. The quantitative estimate of drug-likeness (QED) is 0.149.